The van der Waals surface area contributed by atoms with E-state index in [1.54, 1.807) is 12.1 Å². The molecular formula is C21H35F2IN4O2. The predicted molar refractivity (Wildman–Crippen MR) is 128 cm³/mol. The number of hydrogen-bond donors (Lipinski definition) is 2. The van der Waals surface area contributed by atoms with E-state index >= 15 is 0 Å². The van der Waals surface area contributed by atoms with Gasteiger partial charge in [-0.15, -0.1) is 24.0 Å². The van der Waals surface area contributed by atoms with Crippen LogP contribution in [0.2, 0.25) is 0 Å². The number of benzene rings is 1. The van der Waals surface area contributed by atoms with Crippen molar-refractivity contribution in [1.29, 1.82) is 0 Å². The molecule has 0 aromatic heterocycles. The number of ether oxygens (including phenoxy) is 2. The van der Waals surface area contributed by atoms with Gasteiger partial charge in [-0.1, -0.05) is 13.0 Å². The van der Waals surface area contributed by atoms with Gasteiger partial charge in [-0.05, 0) is 50.8 Å². The minimum atomic E-state index is -2.89. The highest BCUT2D eigenvalue weighted by Gasteiger charge is 2.31. The molecule has 0 saturated carbocycles. The Kier molecular flexibility index (Phi) is 11.7. The lowest BCUT2D eigenvalue weighted by molar-refractivity contribution is -0.0512. The molecule has 2 rings (SSSR count). The topological polar surface area (TPSA) is 58.1 Å². The highest BCUT2D eigenvalue weighted by molar-refractivity contribution is 14.0. The van der Waals surface area contributed by atoms with Crippen LogP contribution in [-0.2, 0) is 6.42 Å². The molecule has 2 N–H and O–H groups in total. The second-order valence-electron chi connectivity index (χ2n) is 7.65. The third-order valence-electron chi connectivity index (χ3n) is 5.15. The second-order valence-corrected chi connectivity index (χ2v) is 7.65. The molecule has 1 heterocycles. The van der Waals surface area contributed by atoms with E-state index in [9.17, 15) is 8.78 Å². The van der Waals surface area contributed by atoms with E-state index < -0.39 is 6.61 Å². The van der Waals surface area contributed by atoms with Crippen LogP contribution in [0.3, 0.4) is 0 Å². The van der Waals surface area contributed by atoms with Gasteiger partial charge < -0.3 is 20.1 Å². The smallest absolute Gasteiger partial charge is 0.387 e. The Morgan fingerprint density at radius 1 is 1.27 bits per heavy atom. The average Bonchev–Trinajstić information content (AvgIpc) is 3.02. The molecule has 1 aliphatic rings. The van der Waals surface area contributed by atoms with Crippen LogP contribution in [0.5, 0.6) is 11.5 Å². The summed E-state index contributed by atoms with van der Waals surface area (Å²) in [5, 5.41) is 6.84. The van der Waals surface area contributed by atoms with E-state index in [1.165, 1.54) is 7.11 Å². The lowest BCUT2D eigenvalue weighted by Gasteiger charge is -2.22. The monoisotopic (exact) mass is 540 g/mol. The minimum absolute atomic E-state index is 0. The normalized spacial score (nSPS) is 19.7. The molecule has 6 nitrogen and oxygen atoms in total. The molecule has 1 aliphatic heterocycles. The van der Waals surface area contributed by atoms with Crippen LogP contribution >= 0.6 is 24.0 Å². The van der Waals surface area contributed by atoms with Crippen LogP contribution < -0.4 is 20.1 Å². The molecule has 1 fully saturated rings. The van der Waals surface area contributed by atoms with Gasteiger partial charge in [0, 0.05) is 38.3 Å². The first kappa shape index (κ1) is 26.7. The number of nitrogens with zero attached hydrogens (tertiary/aromatic N) is 2. The number of aliphatic imine (C=N–C) groups is 1. The zero-order valence-electron chi connectivity index (χ0n) is 18.5. The molecule has 0 radical (unpaired) electrons. The maximum absolute atomic E-state index is 12.6. The molecule has 0 bridgehead atoms. The van der Waals surface area contributed by atoms with E-state index in [2.05, 4.69) is 46.0 Å². The molecule has 9 heteroatoms. The Hall–Kier alpha value is -1.36. The molecule has 1 saturated heterocycles. The quantitative estimate of drug-likeness (QED) is 0.284. The van der Waals surface area contributed by atoms with Crippen LogP contribution in [-0.4, -0.2) is 62.8 Å². The van der Waals surface area contributed by atoms with Crippen molar-refractivity contribution in [2.75, 3.05) is 33.3 Å². The molecular weight excluding hydrogens is 505 g/mol. The maximum Gasteiger partial charge on any atom is 0.387 e. The minimum Gasteiger partial charge on any atom is -0.493 e. The van der Waals surface area contributed by atoms with Crippen molar-refractivity contribution < 1.29 is 18.3 Å². The molecule has 2 unspecified atom stereocenters. The first-order valence-electron chi connectivity index (χ1n) is 10.2. The van der Waals surface area contributed by atoms with Gasteiger partial charge >= 0.3 is 6.61 Å². The number of guanidine groups is 1. The number of likely N-dealkylation sites (tertiary alicyclic amines) is 1. The fourth-order valence-electron chi connectivity index (χ4n) is 3.47. The highest BCUT2D eigenvalue weighted by Crippen LogP contribution is 2.29. The lowest BCUT2D eigenvalue weighted by atomic mass is 10.1. The van der Waals surface area contributed by atoms with E-state index in [0.717, 1.165) is 31.2 Å². The van der Waals surface area contributed by atoms with Gasteiger partial charge in [0.2, 0.25) is 0 Å². The van der Waals surface area contributed by atoms with Gasteiger partial charge in [0.05, 0.1) is 7.11 Å². The molecule has 2 atom stereocenters. The molecule has 0 spiro atoms. The summed E-state index contributed by atoms with van der Waals surface area (Å²) in [6.07, 6.45) is 0.610. The Morgan fingerprint density at radius 3 is 2.57 bits per heavy atom. The molecule has 1 aromatic carbocycles. The van der Waals surface area contributed by atoms with E-state index in [4.69, 9.17) is 4.74 Å². The summed E-state index contributed by atoms with van der Waals surface area (Å²) >= 11 is 0. The molecule has 0 aliphatic carbocycles. The third-order valence-corrected chi connectivity index (χ3v) is 5.15. The summed E-state index contributed by atoms with van der Waals surface area (Å²) in [6, 6.07) is 5.94. The van der Waals surface area contributed by atoms with Crippen LogP contribution in [0.1, 0.15) is 33.3 Å². The van der Waals surface area contributed by atoms with Crippen molar-refractivity contribution >= 4 is 29.9 Å². The summed E-state index contributed by atoms with van der Waals surface area (Å²) in [5.74, 6) is 1.66. The number of halogens is 3. The van der Waals surface area contributed by atoms with Crippen molar-refractivity contribution in [3.8, 4) is 11.5 Å². The summed E-state index contributed by atoms with van der Waals surface area (Å²) in [6.45, 7) is 9.22. The highest BCUT2D eigenvalue weighted by atomic mass is 127. The van der Waals surface area contributed by atoms with Gasteiger partial charge in [0.15, 0.2) is 17.5 Å². The van der Waals surface area contributed by atoms with Crippen LogP contribution in [0.25, 0.3) is 0 Å². The predicted octanol–water partition coefficient (Wildman–Crippen LogP) is 3.74. The standard InChI is InChI=1S/C21H34F2N4O2.HI/c1-6-24-21(26-17-13-27(14(2)3)12-15(17)4)25-10-9-16-7-8-18(28-5)19(11-16)29-20(22)23;/h7-8,11,14-15,17,20H,6,9-10,12-13H2,1-5H3,(H2,24,25,26);1H. The van der Waals surface area contributed by atoms with E-state index in [1.807, 2.05) is 13.0 Å². The Balaban J connectivity index is 0.00000450. The molecule has 172 valence electrons. The summed E-state index contributed by atoms with van der Waals surface area (Å²) < 4.78 is 34.8. The van der Waals surface area contributed by atoms with Crippen LogP contribution in [0, 0.1) is 5.92 Å². The Labute approximate surface area is 195 Å². The second kappa shape index (κ2) is 13.1. The number of nitrogens with one attached hydrogen (secondary N) is 2. The van der Waals surface area contributed by atoms with Gasteiger partial charge in [-0.2, -0.15) is 8.78 Å². The van der Waals surface area contributed by atoms with Crippen molar-refractivity contribution in [3.63, 3.8) is 0 Å². The van der Waals surface area contributed by atoms with Crippen molar-refractivity contribution in [1.82, 2.24) is 15.5 Å². The van der Waals surface area contributed by atoms with E-state index in [-0.39, 0.29) is 35.5 Å². The zero-order valence-corrected chi connectivity index (χ0v) is 20.8. The maximum atomic E-state index is 12.6. The molecule has 0 amide bonds. The van der Waals surface area contributed by atoms with Gasteiger partial charge in [-0.3, -0.25) is 9.89 Å². The van der Waals surface area contributed by atoms with Crippen LogP contribution in [0.4, 0.5) is 8.78 Å². The third kappa shape index (κ3) is 8.05. The van der Waals surface area contributed by atoms with Gasteiger partial charge in [-0.25, -0.2) is 0 Å². The van der Waals surface area contributed by atoms with Crippen molar-refractivity contribution in [2.45, 2.75) is 52.8 Å². The fraction of sp³-hybridized carbons (Fsp3) is 0.667. The SMILES string of the molecule is CCNC(=NCCc1ccc(OC)c(OC(F)F)c1)NC1CN(C(C)C)CC1C.I. The lowest BCUT2D eigenvalue weighted by Crippen LogP contribution is -2.46. The van der Waals surface area contributed by atoms with Crippen LogP contribution in [0.15, 0.2) is 23.2 Å². The summed E-state index contributed by atoms with van der Waals surface area (Å²) in [5.41, 5.74) is 0.862. The number of rotatable bonds is 9. The first-order chi connectivity index (χ1) is 13.8. The zero-order chi connectivity index (χ0) is 21.4. The molecule has 1 aromatic rings. The summed E-state index contributed by atoms with van der Waals surface area (Å²) in [7, 11) is 1.43. The Bertz CT molecular complexity index is 676. The summed E-state index contributed by atoms with van der Waals surface area (Å²) in [4.78, 5) is 7.13. The Morgan fingerprint density at radius 2 is 2.00 bits per heavy atom. The van der Waals surface area contributed by atoms with Gasteiger partial charge in [0.25, 0.3) is 0 Å². The van der Waals surface area contributed by atoms with Crippen molar-refractivity contribution in [3.05, 3.63) is 23.8 Å². The van der Waals surface area contributed by atoms with Gasteiger partial charge in [0.1, 0.15) is 0 Å². The molecule has 30 heavy (non-hydrogen) atoms. The average molecular weight is 540 g/mol. The number of hydrogen-bond acceptors (Lipinski definition) is 4. The number of alkyl halides is 2. The van der Waals surface area contributed by atoms with E-state index in [0.29, 0.717) is 31.0 Å². The fourth-order valence-corrected chi connectivity index (χ4v) is 3.47. The largest absolute Gasteiger partial charge is 0.493 e. The number of methoxy groups -OCH3 is 1. The first-order valence-corrected chi connectivity index (χ1v) is 10.2. The van der Waals surface area contributed by atoms with Crippen molar-refractivity contribution in [2.24, 2.45) is 10.9 Å².